The van der Waals surface area contributed by atoms with Crippen LogP contribution in [0, 0.1) is 10.6 Å². The number of ether oxygens (including phenoxy) is 2. The van der Waals surface area contributed by atoms with Gasteiger partial charge in [0.1, 0.15) is 21.7 Å². The molecule has 10 heteroatoms. The minimum absolute atomic E-state index is 0.0454. The Morgan fingerprint density at radius 3 is 2.39 bits per heavy atom. The summed E-state index contributed by atoms with van der Waals surface area (Å²) in [5.74, 6) is 0.0253. The fourth-order valence-corrected chi connectivity index (χ4v) is 5.12. The summed E-state index contributed by atoms with van der Waals surface area (Å²) < 4.78 is 48.2. The zero-order chi connectivity index (χ0) is 25.4. The lowest BCUT2D eigenvalue weighted by Crippen LogP contribution is -2.20. The summed E-state index contributed by atoms with van der Waals surface area (Å²) in [7, 11) is 0.239. The summed E-state index contributed by atoms with van der Waals surface area (Å²) >= 11 is 0. The molecule has 0 bridgehead atoms. The third-order valence-electron chi connectivity index (χ3n) is 6.25. The standard InChI is InChI=1S/C26H27FN4O4S/c1-31(2)36(28,33)21-9-7-17(8-10-21)16-3-5-18(6-4-16)26-22(27)12-23-24(30-26)13-25(29-23)35-20-11-19(14-32)34-15-20/h3-10,12-13,19-20,28-29,32H,11,14-15H2,1-2H3/t19-,20-,36?/m0/s1. The maximum Gasteiger partial charge on any atom is 0.193 e. The monoisotopic (exact) mass is 510 g/mol. The van der Waals surface area contributed by atoms with E-state index < -0.39 is 15.7 Å². The molecule has 1 aliphatic heterocycles. The van der Waals surface area contributed by atoms with E-state index >= 15 is 0 Å². The highest BCUT2D eigenvalue weighted by Crippen LogP contribution is 2.30. The van der Waals surface area contributed by atoms with Gasteiger partial charge in [0.2, 0.25) is 0 Å². The molecule has 0 saturated carbocycles. The van der Waals surface area contributed by atoms with Crippen LogP contribution in [-0.4, -0.2) is 63.1 Å². The van der Waals surface area contributed by atoms with Crippen LogP contribution in [0.25, 0.3) is 33.4 Å². The molecule has 1 aliphatic rings. The second-order valence-corrected chi connectivity index (χ2v) is 11.2. The Labute approximate surface area is 208 Å². The number of rotatable bonds is 7. The van der Waals surface area contributed by atoms with Gasteiger partial charge in [-0.1, -0.05) is 36.4 Å². The molecular weight excluding hydrogens is 483 g/mol. The van der Waals surface area contributed by atoms with Crippen molar-refractivity contribution in [1.82, 2.24) is 14.3 Å². The molecule has 4 aromatic rings. The van der Waals surface area contributed by atoms with Gasteiger partial charge in [-0.05, 0) is 23.3 Å². The Kier molecular flexibility index (Phi) is 6.52. The van der Waals surface area contributed by atoms with Crippen LogP contribution in [0.2, 0.25) is 0 Å². The fraction of sp³-hybridized carbons (Fsp3) is 0.269. The summed E-state index contributed by atoms with van der Waals surface area (Å²) in [6.07, 6.45) is 0.183. The number of halogens is 1. The largest absolute Gasteiger partial charge is 0.473 e. The summed E-state index contributed by atoms with van der Waals surface area (Å²) in [5, 5.41) is 9.21. The number of fused-ring (bicyclic) bond motifs is 1. The lowest BCUT2D eigenvalue weighted by Gasteiger charge is -2.15. The number of aromatic nitrogens is 2. The maximum absolute atomic E-state index is 14.9. The Balaban J connectivity index is 1.36. The van der Waals surface area contributed by atoms with Crippen molar-refractivity contribution in [2.45, 2.75) is 23.5 Å². The molecule has 3 N–H and O–H groups in total. The van der Waals surface area contributed by atoms with E-state index in [4.69, 9.17) is 14.3 Å². The predicted molar refractivity (Wildman–Crippen MR) is 136 cm³/mol. The van der Waals surface area contributed by atoms with Crippen LogP contribution in [-0.2, 0) is 14.7 Å². The van der Waals surface area contributed by atoms with Crippen LogP contribution in [0.3, 0.4) is 0 Å². The Bertz CT molecular complexity index is 1490. The molecule has 2 aromatic carbocycles. The maximum atomic E-state index is 14.9. The SMILES string of the molecule is CN(C)S(=N)(=O)c1ccc(-c2ccc(-c3nc4cc(O[C@@H]5CO[C@H](CO)C5)[nH]c4cc3F)cc2)cc1. The molecule has 0 amide bonds. The van der Waals surface area contributed by atoms with Crippen molar-refractivity contribution in [3.8, 4) is 28.3 Å². The van der Waals surface area contributed by atoms with E-state index in [1.54, 1.807) is 32.3 Å². The molecule has 0 spiro atoms. The Morgan fingerprint density at radius 2 is 1.78 bits per heavy atom. The first-order valence-electron chi connectivity index (χ1n) is 11.5. The molecule has 1 unspecified atom stereocenters. The van der Waals surface area contributed by atoms with Gasteiger partial charge in [-0.15, -0.1) is 0 Å². The van der Waals surface area contributed by atoms with Gasteiger partial charge in [0.05, 0.1) is 35.2 Å². The van der Waals surface area contributed by atoms with E-state index in [0.717, 1.165) is 11.1 Å². The van der Waals surface area contributed by atoms with Gasteiger partial charge in [-0.2, -0.15) is 0 Å². The smallest absolute Gasteiger partial charge is 0.193 e. The van der Waals surface area contributed by atoms with Crippen LogP contribution in [0.4, 0.5) is 4.39 Å². The number of nitrogens with one attached hydrogen (secondary N) is 2. The van der Waals surface area contributed by atoms with Crippen molar-refractivity contribution in [1.29, 1.82) is 4.78 Å². The van der Waals surface area contributed by atoms with Crippen molar-refractivity contribution in [2.24, 2.45) is 0 Å². The molecule has 36 heavy (non-hydrogen) atoms. The van der Waals surface area contributed by atoms with Crippen LogP contribution < -0.4 is 4.74 Å². The van der Waals surface area contributed by atoms with Gasteiger partial charge in [-0.3, -0.25) is 0 Å². The average Bonchev–Trinajstić information content (AvgIpc) is 3.49. The van der Waals surface area contributed by atoms with E-state index in [9.17, 15) is 13.7 Å². The molecule has 0 radical (unpaired) electrons. The number of H-pyrrole nitrogens is 1. The lowest BCUT2D eigenvalue weighted by atomic mass is 10.0. The zero-order valence-corrected chi connectivity index (χ0v) is 20.7. The number of hydrogen-bond donors (Lipinski definition) is 3. The topological polar surface area (TPSA) is 112 Å². The number of benzene rings is 2. The third-order valence-corrected chi connectivity index (χ3v) is 8.19. The van der Waals surface area contributed by atoms with Crippen molar-refractivity contribution >= 4 is 20.9 Å². The van der Waals surface area contributed by atoms with E-state index in [-0.39, 0.29) is 24.5 Å². The van der Waals surface area contributed by atoms with E-state index in [1.807, 2.05) is 36.4 Å². The first kappa shape index (κ1) is 24.4. The van der Waals surface area contributed by atoms with E-state index in [2.05, 4.69) is 9.97 Å². The average molecular weight is 511 g/mol. The summed E-state index contributed by atoms with van der Waals surface area (Å²) in [4.78, 5) is 8.00. The van der Waals surface area contributed by atoms with Crippen LogP contribution in [0.1, 0.15) is 6.42 Å². The summed E-state index contributed by atoms with van der Waals surface area (Å²) in [6.45, 7) is 0.344. The molecule has 3 atom stereocenters. The van der Waals surface area contributed by atoms with Gasteiger partial charge in [0.15, 0.2) is 11.7 Å². The molecule has 1 fully saturated rings. The van der Waals surface area contributed by atoms with Gasteiger partial charge in [0.25, 0.3) is 0 Å². The van der Waals surface area contributed by atoms with Crippen molar-refractivity contribution in [3.05, 3.63) is 66.5 Å². The molecular formula is C26H27FN4O4S. The normalized spacial score (nSPS) is 19.6. The first-order chi connectivity index (χ1) is 17.2. The first-order valence-corrected chi connectivity index (χ1v) is 13.0. The van der Waals surface area contributed by atoms with Gasteiger partial charge >= 0.3 is 0 Å². The van der Waals surface area contributed by atoms with Crippen molar-refractivity contribution in [2.75, 3.05) is 27.3 Å². The highest BCUT2D eigenvalue weighted by molar-refractivity contribution is 7.90. The number of nitrogens with zero attached hydrogens (tertiary/aromatic N) is 2. The summed E-state index contributed by atoms with van der Waals surface area (Å²) in [5.41, 5.74) is 3.79. The molecule has 2 aromatic heterocycles. The molecule has 188 valence electrons. The number of aliphatic hydroxyl groups is 1. The van der Waals surface area contributed by atoms with Gasteiger partial charge in [0, 0.05) is 38.2 Å². The molecule has 3 heterocycles. The second kappa shape index (κ2) is 9.62. The van der Waals surface area contributed by atoms with Crippen molar-refractivity contribution < 1.29 is 23.2 Å². The lowest BCUT2D eigenvalue weighted by molar-refractivity contribution is 0.0531. The highest BCUT2D eigenvalue weighted by atomic mass is 32.2. The fourth-order valence-electron chi connectivity index (χ4n) is 4.20. The second-order valence-electron chi connectivity index (χ2n) is 8.94. The van der Waals surface area contributed by atoms with Crippen LogP contribution >= 0.6 is 0 Å². The van der Waals surface area contributed by atoms with E-state index in [1.165, 1.54) is 10.4 Å². The number of hydrogen-bond acceptors (Lipinski definition) is 6. The minimum atomic E-state index is -2.99. The van der Waals surface area contributed by atoms with Crippen LogP contribution in [0.5, 0.6) is 5.88 Å². The van der Waals surface area contributed by atoms with E-state index in [0.29, 0.717) is 40.4 Å². The van der Waals surface area contributed by atoms with Gasteiger partial charge < -0.3 is 19.6 Å². The quantitative estimate of drug-likeness (QED) is 0.340. The molecule has 8 nitrogen and oxygen atoms in total. The van der Waals surface area contributed by atoms with Crippen molar-refractivity contribution in [3.63, 3.8) is 0 Å². The molecule has 5 rings (SSSR count). The number of aliphatic hydroxyl groups excluding tert-OH is 1. The van der Waals surface area contributed by atoms with Gasteiger partial charge in [-0.25, -0.2) is 22.7 Å². The number of pyridine rings is 1. The predicted octanol–water partition coefficient (Wildman–Crippen LogP) is 4.45. The molecule has 1 saturated heterocycles. The zero-order valence-electron chi connectivity index (χ0n) is 19.9. The third kappa shape index (κ3) is 4.72. The minimum Gasteiger partial charge on any atom is -0.473 e. The highest BCUT2D eigenvalue weighted by Gasteiger charge is 2.27. The molecule has 0 aliphatic carbocycles. The van der Waals surface area contributed by atoms with Crippen LogP contribution in [0.15, 0.2) is 65.6 Å². The summed E-state index contributed by atoms with van der Waals surface area (Å²) in [6, 6.07) is 17.6. The Hall–Kier alpha value is -3.31. The Morgan fingerprint density at radius 1 is 1.14 bits per heavy atom. The number of aromatic amines is 1.